The predicted octanol–water partition coefficient (Wildman–Crippen LogP) is 0.884. The van der Waals surface area contributed by atoms with E-state index in [4.69, 9.17) is 0 Å². The van der Waals surface area contributed by atoms with E-state index in [-0.39, 0.29) is 17.9 Å². The Morgan fingerprint density at radius 1 is 1.26 bits per heavy atom. The van der Waals surface area contributed by atoms with Crippen molar-refractivity contribution in [3.63, 3.8) is 0 Å². The van der Waals surface area contributed by atoms with Crippen LogP contribution in [-0.2, 0) is 11.3 Å². The minimum absolute atomic E-state index is 0.110. The zero-order chi connectivity index (χ0) is 16.6. The van der Waals surface area contributed by atoms with Crippen molar-refractivity contribution in [2.75, 3.05) is 26.2 Å². The first kappa shape index (κ1) is 15.9. The molecule has 1 aromatic rings. The largest absolute Gasteiger partial charge is 0.349 e. The number of carbonyl (C=O) groups is 2. The number of aromatic nitrogens is 1. The number of nitrogens with zero attached hydrogens (tertiary/aromatic N) is 3. The van der Waals surface area contributed by atoms with Gasteiger partial charge in [-0.05, 0) is 25.5 Å². The fourth-order valence-electron chi connectivity index (χ4n) is 3.45. The molecule has 2 aliphatic rings. The number of rotatable bonds is 4. The first-order chi connectivity index (χ1) is 10.9. The molecular weight excluding hydrogens is 292 g/mol. The van der Waals surface area contributed by atoms with Crippen LogP contribution in [0.4, 0.5) is 0 Å². The van der Waals surface area contributed by atoms with Gasteiger partial charge in [-0.25, -0.2) is 0 Å². The van der Waals surface area contributed by atoms with E-state index in [1.807, 2.05) is 24.8 Å². The lowest BCUT2D eigenvalue weighted by molar-refractivity contribution is -0.157. The van der Waals surface area contributed by atoms with Gasteiger partial charge in [-0.1, -0.05) is 6.07 Å². The van der Waals surface area contributed by atoms with Crippen molar-refractivity contribution in [2.24, 2.45) is 5.41 Å². The molecule has 1 aromatic heterocycles. The lowest BCUT2D eigenvalue weighted by Gasteiger charge is -2.60. The van der Waals surface area contributed by atoms with Crippen LogP contribution < -0.4 is 5.32 Å². The molecule has 0 bridgehead atoms. The number of carbonyl (C=O) groups excluding carboxylic acids is 2. The van der Waals surface area contributed by atoms with Crippen molar-refractivity contribution in [1.29, 1.82) is 0 Å². The predicted molar refractivity (Wildman–Crippen MR) is 86.8 cm³/mol. The third kappa shape index (κ3) is 3.37. The summed E-state index contributed by atoms with van der Waals surface area (Å²) in [6.45, 7) is 10.2. The van der Waals surface area contributed by atoms with Gasteiger partial charge in [-0.15, -0.1) is 0 Å². The van der Waals surface area contributed by atoms with Crippen molar-refractivity contribution in [1.82, 2.24) is 20.1 Å². The van der Waals surface area contributed by atoms with Crippen LogP contribution in [-0.4, -0.2) is 58.8 Å². The van der Waals surface area contributed by atoms with E-state index in [0.717, 1.165) is 38.3 Å². The summed E-state index contributed by atoms with van der Waals surface area (Å²) in [6, 6.07) is 3.86. The fourth-order valence-corrected chi connectivity index (χ4v) is 3.45. The Labute approximate surface area is 136 Å². The molecule has 1 spiro atoms. The molecule has 6 nitrogen and oxygen atoms in total. The summed E-state index contributed by atoms with van der Waals surface area (Å²) in [5, 5.41) is 2.84. The molecule has 3 rings (SSSR count). The number of amides is 2. The molecule has 0 aliphatic carbocycles. The molecule has 0 aromatic carbocycles. The average Bonchev–Trinajstić information content (AvgIpc) is 2.39. The Morgan fingerprint density at radius 3 is 2.48 bits per heavy atom. The Kier molecular flexibility index (Phi) is 4.10. The molecule has 1 N–H and O–H groups in total. The molecule has 2 aliphatic heterocycles. The molecule has 0 atom stereocenters. The summed E-state index contributed by atoms with van der Waals surface area (Å²) in [6.07, 6.45) is 1.78. The summed E-state index contributed by atoms with van der Waals surface area (Å²) in [4.78, 5) is 31.6. The highest BCUT2D eigenvalue weighted by molar-refractivity contribution is 5.92. The van der Waals surface area contributed by atoms with Crippen LogP contribution in [0.25, 0.3) is 0 Å². The van der Waals surface area contributed by atoms with E-state index in [2.05, 4.69) is 15.2 Å². The van der Waals surface area contributed by atoms with E-state index >= 15 is 0 Å². The van der Waals surface area contributed by atoms with Gasteiger partial charge < -0.3 is 10.2 Å². The number of nitrogens with one attached hydrogen (secondary N) is 1. The highest BCUT2D eigenvalue weighted by atomic mass is 16.2. The minimum atomic E-state index is -0.131. The molecule has 2 amide bonds. The van der Waals surface area contributed by atoms with Crippen LogP contribution >= 0.6 is 0 Å². The second kappa shape index (κ2) is 5.92. The second-order valence-electron chi connectivity index (χ2n) is 7.20. The number of hydrogen-bond acceptors (Lipinski definition) is 4. The molecule has 124 valence electrons. The monoisotopic (exact) mass is 316 g/mol. The molecule has 2 saturated heterocycles. The van der Waals surface area contributed by atoms with Crippen LogP contribution in [0.5, 0.6) is 0 Å². The van der Waals surface area contributed by atoms with Gasteiger partial charge in [0, 0.05) is 57.3 Å². The van der Waals surface area contributed by atoms with Gasteiger partial charge in [-0.3, -0.25) is 19.5 Å². The maximum absolute atomic E-state index is 11.9. The maximum Gasteiger partial charge on any atom is 0.270 e. The van der Waals surface area contributed by atoms with Crippen molar-refractivity contribution in [3.8, 4) is 0 Å². The minimum Gasteiger partial charge on any atom is -0.349 e. The second-order valence-corrected chi connectivity index (χ2v) is 7.20. The molecular formula is C17H24N4O2. The van der Waals surface area contributed by atoms with Crippen molar-refractivity contribution >= 4 is 11.8 Å². The van der Waals surface area contributed by atoms with Crippen molar-refractivity contribution < 1.29 is 9.59 Å². The van der Waals surface area contributed by atoms with Crippen LogP contribution in [0, 0.1) is 5.41 Å². The number of likely N-dealkylation sites (tertiary alicyclic amines) is 2. The van der Waals surface area contributed by atoms with Gasteiger partial charge in [-0.2, -0.15) is 0 Å². The molecule has 3 heterocycles. The van der Waals surface area contributed by atoms with Crippen LogP contribution in [0.1, 0.15) is 36.8 Å². The van der Waals surface area contributed by atoms with E-state index in [1.54, 1.807) is 19.2 Å². The molecule has 0 unspecified atom stereocenters. The topological polar surface area (TPSA) is 65.5 Å². The summed E-state index contributed by atoms with van der Waals surface area (Å²) in [7, 11) is 0. The molecule has 0 radical (unpaired) electrons. The zero-order valence-corrected chi connectivity index (χ0v) is 14.0. The standard InChI is InChI=1S/C17H24N4O2/c1-12(2)19-16(23)15-5-4-14(6-18-15)7-20-8-17(9-20)10-21(11-17)13(3)22/h4-6,12H,7-11H2,1-3H3,(H,19,23). The van der Waals surface area contributed by atoms with Gasteiger partial charge in [0.25, 0.3) is 5.91 Å². The average molecular weight is 316 g/mol. The van der Waals surface area contributed by atoms with Crippen molar-refractivity contribution in [3.05, 3.63) is 29.6 Å². The summed E-state index contributed by atoms with van der Waals surface area (Å²) in [5.74, 6) is 0.0433. The smallest absolute Gasteiger partial charge is 0.270 e. The van der Waals surface area contributed by atoms with E-state index < -0.39 is 0 Å². The number of pyridine rings is 1. The van der Waals surface area contributed by atoms with E-state index in [9.17, 15) is 9.59 Å². The van der Waals surface area contributed by atoms with Crippen LogP contribution in [0.15, 0.2) is 18.3 Å². The normalized spacial score (nSPS) is 19.4. The fraction of sp³-hybridized carbons (Fsp3) is 0.588. The Bertz CT molecular complexity index is 598. The lowest BCUT2D eigenvalue weighted by atomic mass is 9.72. The van der Waals surface area contributed by atoms with Crippen LogP contribution in [0.2, 0.25) is 0 Å². The summed E-state index contributed by atoms with van der Waals surface area (Å²) in [5.41, 5.74) is 1.90. The summed E-state index contributed by atoms with van der Waals surface area (Å²) < 4.78 is 0. The summed E-state index contributed by atoms with van der Waals surface area (Å²) >= 11 is 0. The van der Waals surface area contributed by atoms with Gasteiger partial charge in [0.15, 0.2) is 0 Å². The molecule has 2 fully saturated rings. The van der Waals surface area contributed by atoms with Gasteiger partial charge in [0.05, 0.1) is 0 Å². The van der Waals surface area contributed by atoms with Crippen LogP contribution in [0.3, 0.4) is 0 Å². The lowest BCUT2D eigenvalue weighted by Crippen LogP contribution is -2.72. The zero-order valence-electron chi connectivity index (χ0n) is 14.0. The third-order valence-electron chi connectivity index (χ3n) is 4.50. The van der Waals surface area contributed by atoms with Gasteiger partial charge in [0.1, 0.15) is 5.69 Å². The van der Waals surface area contributed by atoms with Gasteiger partial charge in [0.2, 0.25) is 5.91 Å². The van der Waals surface area contributed by atoms with Crippen molar-refractivity contribution in [2.45, 2.75) is 33.4 Å². The molecule has 6 heteroatoms. The SMILES string of the molecule is CC(=O)N1CC2(CN(Cc3ccc(C(=O)NC(C)C)nc3)C2)C1. The first-order valence-corrected chi connectivity index (χ1v) is 8.11. The highest BCUT2D eigenvalue weighted by Crippen LogP contribution is 2.40. The van der Waals surface area contributed by atoms with E-state index in [0.29, 0.717) is 11.1 Å². The van der Waals surface area contributed by atoms with Gasteiger partial charge >= 0.3 is 0 Å². The number of hydrogen-bond donors (Lipinski definition) is 1. The molecule has 0 saturated carbocycles. The molecule has 23 heavy (non-hydrogen) atoms. The van der Waals surface area contributed by atoms with E-state index in [1.165, 1.54) is 0 Å². The Morgan fingerprint density at radius 2 is 1.96 bits per heavy atom. The Hall–Kier alpha value is -1.95. The Balaban J connectivity index is 1.47. The third-order valence-corrected chi connectivity index (χ3v) is 4.50. The quantitative estimate of drug-likeness (QED) is 0.896. The maximum atomic E-state index is 11.9. The first-order valence-electron chi connectivity index (χ1n) is 8.11. The highest BCUT2D eigenvalue weighted by Gasteiger charge is 2.52.